The summed E-state index contributed by atoms with van der Waals surface area (Å²) in [5, 5.41) is 3.39. The van der Waals surface area contributed by atoms with E-state index in [-0.39, 0.29) is 0 Å². The van der Waals surface area contributed by atoms with Crippen LogP contribution in [0, 0.1) is 6.92 Å². The molecule has 1 saturated carbocycles. The average molecular weight is 263 g/mol. The van der Waals surface area contributed by atoms with Crippen molar-refractivity contribution >= 4 is 5.82 Å². The van der Waals surface area contributed by atoms with Crippen LogP contribution in [0.4, 0.5) is 5.82 Å². The lowest BCUT2D eigenvalue weighted by Crippen LogP contribution is -2.10. The first-order chi connectivity index (χ1) is 9.26. The second kappa shape index (κ2) is 6.73. The molecule has 1 heterocycles. The van der Waals surface area contributed by atoms with Crippen LogP contribution in [0.15, 0.2) is 0 Å². The SMILES string of the molecule is CCCCOc1nc(C2CC2)nc(NCCC)c1C. The van der Waals surface area contributed by atoms with E-state index in [1.54, 1.807) is 0 Å². The minimum absolute atomic E-state index is 0.552. The van der Waals surface area contributed by atoms with Crippen LogP contribution in [-0.4, -0.2) is 23.1 Å². The predicted molar refractivity (Wildman–Crippen MR) is 77.9 cm³/mol. The van der Waals surface area contributed by atoms with Gasteiger partial charge in [0.1, 0.15) is 11.6 Å². The summed E-state index contributed by atoms with van der Waals surface area (Å²) in [6.45, 7) is 8.04. The van der Waals surface area contributed by atoms with Gasteiger partial charge < -0.3 is 10.1 Å². The Morgan fingerprint density at radius 1 is 1.21 bits per heavy atom. The highest BCUT2D eigenvalue weighted by Gasteiger charge is 2.28. The largest absolute Gasteiger partial charge is 0.477 e. The van der Waals surface area contributed by atoms with Crippen LogP contribution < -0.4 is 10.1 Å². The summed E-state index contributed by atoms with van der Waals surface area (Å²) in [5.41, 5.74) is 1.04. The van der Waals surface area contributed by atoms with E-state index in [1.165, 1.54) is 12.8 Å². The second-order valence-electron chi connectivity index (χ2n) is 5.26. The van der Waals surface area contributed by atoms with Crippen LogP contribution in [0.5, 0.6) is 5.88 Å². The summed E-state index contributed by atoms with van der Waals surface area (Å²) in [4.78, 5) is 9.26. The van der Waals surface area contributed by atoms with Crippen LogP contribution in [-0.2, 0) is 0 Å². The third-order valence-electron chi connectivity index (χ3n) is 3.34. The van der Waals surface area contributed by atoms with Crippen molar-refractivity contribution in [2.75, 3.05) is 18.5 Å². The molecule has 0 spiro atoms. The van der Waals surface area contributed by atoms with Crippen LogP contribution >= 0.6 is 0 Å². The molecular weight excluding hydrogens is 238 g/mol. The monoisotopic (exact) mass is 263 g/mol. The summed E-state index contributed by atoms with van der Waals surface area (Å²) < 4.78 is 5.83. The zero-order valence-electron chi connectivity index (χ0n) is 12.3. The fourth-order valence-corrected chi connectivity index (χ4v) is 1.91. The fraction of sp³-hybridized carbons (Fsp3) is 0.733. The first-order valence-electron chi connectivity index (χ1n) is 7.51. The molecule has 1 fully saturated rings. The topological polar surface area (TPSA) is 47.0 Å². The molecule has 1 aromatic heterocycles. The van der Waals surface area contributed by atoms with Gasteiger partial charge in [-0.25, -0.2) is 4.98 Å². The number of hydrogen-bond acceptors (Lipinski definition) is 4. The van der Waals surface area contributed by atoms with Gasteiger partial charge in [-0.05, 0) is 32.6 Å². The second-order valence-corrected chi connectivity index (χ2v) is 5.26. The highest BCUT2D eigenvalue weighted by molar-refractivity contribution is 5.49. The quantitative estimate of drug-likeness (QED) is 0.727. The van der Waals surface area contributed by atoms with Gasteiger partial charge in [-0.3, -0.25) is 0 Å². The Balaban J connectivity index is 2.16. The van der Waals surface area contributed by atoms with Gasteiger partial charge in [0.05, 0.1) is 12.2 Å². The van der Waals surface area contributed by atoms with Crippen molar-refractivity contribution in [3.8, 4) is 5.88 Å². The molecule has 1 aliphatic rings. The van der Waals surface area contributed by atoms with Crippen molar-refractivity contribution in [1.82, 2.24) is 9.97 Å². The Bertz CT molecular complexity index is 416. The molecule has 0 saturated heterocycles. The van der Waals surface area contributed by atoms with Crippen molar-refractivity contribution in [1.29, 1.82) is 0 Å². The lowest BCUT2D eigenvalue weighted by Gasteiger charge is -2.14. The molecule has 0 amide bonds. The molecule has 2 rings (SSSR count). The van der Waals surface area contributed by atoms with E-state index in [0.717, 1.165) is 55.5 Å². The van der Waals surface area contributed by atoms with E-state index in [1.807, 2.05) is 6.92 Å². The first-order valence-corrected chi connectivity index (χ1v) is 7.51. The molecule has 0 atom stereocenters. The summed E-state index contributed by atoms with van der Waals surface area (Å²) in [5.74, 6) is 3.22. The molecule has 19 heavy (non-hydrogen) atoms. The molecule has 0 radical (unpaired) electrons. The molecular formula is C15H25N3O. The van der Waals surface area contributed by atoms with Gasteiger partial charge in [0.15, 0.2) is 0 Å². The smallest absolute Gasteiger partial charge is 0.221 e. The lowest BCUT2D eigenvalue weighted by molar-refractivity contribution is 0.294. The Hall–Kier alpha value is -1.32. The molecule has 4 nitrogen and oxygen atoms in total. The normalized spacial score (nSPS) is 14.5. The molecule has 1 N–H and O–H groups in total. The fourth-order valence-electron chi connectivity index (χ4n) is 1.91. The number of hydrogen-bond donors (Lipinski definition) is 1. The van der Waals surface area contributed by atoms with E-state index < -0.39 is 0 Å². The average Bonchev–Trinajstić information content (AvgIpc) is 3.24. The molecule has 1 aliphatic carbocycles. The number of anilines is 1. The third-order valence-corrected chi connectivity index (χ3v) is 3.34. The lowest BCUT2D eigenvalue weighted by atomic mass is 10.3. The highest BCUT2D eigenvalue weighted by atomic mass is 16.5. The molecule has 4 heteroatoms. The maximum atomic E-state index is 5.83. The molecule has 1 aromatic rings. The highest BCUT2D eigenvalue weighted by Crippen LogP contribution is 2.39. The van der Waals surface area contributed by atoms with Crippen molar-refractivity contribution in [3.63, 3.8) is 0 Å². The zero-order chi connectivity index (χ0) is 13.7. The van der Waals surface area contributed by atoms with Crippen LogP contribution in [0.25, 0.3) is 0 Å². The van der Waals surface area contributed by atoms with Crippen LogP contribution in [0.1, 0.15) is 63.3 Å². The summed E-state index contributed by atoms with van der Waals surface area (Å²) in [6.07, 6.45) is 5.73. The Kier molecular flexibility index (Phi) is 5.00. The predicted octanol–water partition coefficient (Wildman–Crippen LogP) is 3.66. The zero-order valence-corrected chi connectivity index (χ0v) is 12.3. The van der Waals surface area contributed by atoms with Gasteiger partial charge in [-0.2, -0.15) is 4.98 Å². The molecule has 0 unspecified atom stereocenters. The van der Waals surface area contributed by atoms with Crippen LogP contribution in [0.3, 0.4) is 0 Å². The minimum Gasteiger partial charge on any atom is -0.477 e. The van der Waals surface area contributed by atoms with Gasteiger partial charge in [0, 0.05) is 12.5 Å². The standard InChI is InChI=1S/C15H25N3O/c1-4-6-10-19-15-11(3)13(16-9-5-2)17-14(18-15)12-7-8-12/h12H,4-10H2,1-3H3,(H,16,17,18). The summed E-state index contributed by atoms with van der Waals surface area (Å²) >= 11 is 0. The molecule has 0 aliphatic heterocycles. The van der Waals surface area contributed by atoms with Crippen LogP contribution in [0.2, 0.25) is 0 Å². The van der Waals surface area contributed by atoms with Gasteiger partial charge in [-0.1, -0.05) is 20.3 Å². The maximum absolute atomic E-state index is 5.83. The molecule has 0 aromatic carbocycles. The van der Waals surface area contributed by atoms with E-state index in [0.29, 0.717) is 5.92 Å². The van der Waals surface area contributed by atoms with Crippen molar-refractivity contribution in [2.24, 2.45) is 0 Å². The number of ether oxygens (including phenoxy) is 1. The summed E-state index contributed by atoms with van der Waals surface area (Å²) in [7, 11) is 0. The van der Waals surface area contributed by atoms with E-state index in [9.17, 15) is 0 Å². The first kappa shape index (κ1) is 14.1. The maximum Gasteiger partial charge on any atom is 0.221 e. The number of nitrogens with zero attached hydrogens (tertiary/aromatic N) is 2. The van der Waals surface area contributed by atoms with Crippen molar-refractivity contribution < 1.29 is 4.74 Å². The number of rotatable bonds is 8. The van der Waals surface area contributed by atoms with Gasteiger partial charge in [-0.15, -0.1) is 0 Å². The number of aromatic nitrogens is 2. The van der Waals surface area contributed by atoms with E-state index >= 15 is 0 Å². The third kappa shape index (κ3) is 3.82. The van der Waals surface area contributed by atoms with Gasteiger partial charge in [0.25, 0.3) is 0 Å². The van der Waals surface area contributed by atoms with Crippen molar-refractivity contribution in [3.05, 3.63) is 11.4 Å². The minimum atomic E-state index is 0.552. The molecule has 0 bridgehead atoms. The van der Waals surface area contributed by atoms with E-state index in [4.69, 9.17) is 4.74 Å². The Morgan fingerprint density at radius 2 is 2.00 bits per heavy atom. The van der Waals surface area contributed by atoms with Gasteiger partial charge >= 0.3 is 0 Å². The number of unbranched alkanes of at least 4 members (excludes halogenated alkanes) is 1. The van der Waals surface area contributed by atoms with E-state index in [2.05, 4.69) is 29.1 Å². The summed E-state index contributed by atoms with van der Waals surface area (Å²) in [6, 6.07) is 0. The van der Waals surface area contributed by atoms with Crippen molar-refractivity contribution in [2.45, 2.75) is 58.8 Å². The molecule has 106 valence electrons. The Labute approximate surface area is 116 Å². The van der Waals surface area contributed by atoms with Gasteiger partial charge in [0.2, 0.25) is 5.88 Å². The number of nitrogens with one attached hydrogen (secondary N) is 1. The Morgan fingerprint density at radius 3 is 2.63 bits per heavy atom.